The van der Waals surface area contributed by atoms with Crippen molar-refractivity contribution in [3.8, 4) is 5.75 Å². The van der Waals surface area contributed by atoms with E-state index in [4.69, 9.17) is 4.74 Å². The fourth-order valence-corrected chi connectivity index (χ4v) is 3.12. The van der Waals surface area contributed by atoms with Gasteiger partial charge in [-0.3, -0.25) is 9.59 Å². The summed E-state index contributed by atoms with van der Waals surface area (Å²) in [6, 6.07) is 11.3. The van der Waals surface area contributed by atoms with Crippen molar-refractivity contribution in [2.75, 3.05) is 11.9 Å². The van der Waals surface area contributed by atoms with Crippen molar-refractivity contribution in [2.45, 2.75) is 32.7 Å². The third-order valence-electron chi connectivity index (χ3n) is 4.55. The van der Waals surface area contributed by atoms with Crippen LogP contribution in [0.4, 0.5) is 10.1 Å². The summed E-state index contributed by atoms with van der Waals surface area (Å²) < 4.78 is 18.7. The van der Waals surface area contributed by atoms with Crippen molar-refractivity contribution < 1.29 is 18.7 Å². The summed E-state index contributed by atoms with van der Waals surface area (Å²) >= 11 is 0. The van der Waals surface area contributed by atoms with Crippen LogP contribution in [0, 0.1) is 11.7 Å². The molecular formula is C21H23FN2O3. The molecule has 27 heavy (non-hydrogen) atoms. The van der Waals surface area contributed by atoms with Crippen molar-refractivity contribution in [3.05, 3.63) is 59.4 Å². The van der Waals surface area contributed by atoms with E-state index < -0.39 is 0 Å². The molecule has 1 aliphatic rings. The molecule has 3 rings (SSSR count). The van der Waals surface area contributed by atoms with Crippen molar-refractivity contribution in [1.29, 1.82) is 0 Å². The van der Waals surface area contributed by atoms with E-state index in [0.29, 0.717) is 18.6 Å². The van der Waals surface area contributed by atoms with Crippen LogP contribution in [0.5, 0.6) is 5.75 Å². The minimum absolute atomic E-state index is 0.0102. The lowest BCUT2D eigenvalue weighted by Crippen LogP contribution is -2.35. The van der Waals surface area contributed by atoms with Gasteiger partial charge in [-0.2, -0.15) is 0 Å². The van der Waals surface area contributed by atoms with Crippen LogP contribution in [0.1, 0.15) is 37.4 Å². The Morgan fingerprint density at radius 1 is 1.19 bits per heavy atom. The largest absolute Gasteiger partial charge is 0.484 e. The molecular weight excluding hydrogens is 347 g/mol. The summed E-state index contributed by atoms with van der Waals surface area (Å²) in [5, 5.41) is 5.76. The van der Waals surface area contributed by atoms with Crippen LogP contribution in [0.3, 0.4) is 0 Å². The minimum atomic E-state index is -0.306. The Hall–Kier alpha value is -2.89. The molecule has 2 N–H and O–H groups in total. The van der Waals surface area contributed by atoms with E-state index in [0.717, 1.165) is 16.8 Å². The number of carbonyl (C=O) groups is 2. The van der Waals surface area contributed by atoms with Gasteiger partial charge in [-0.25, -0.2) is 4.39 Å². The SMILES string of the molecule is CC(C)[C@@H](NC(=O)COc1ccc2c(c1)CCC(=O)N2)c1ccc(F)cc1. The third kappa shape index (κ3) is 4.84. The molecule has 1 aliphatic heterocycles. The molecule has 2 amide bonds. The molecule has 0 aromatic heterocycles. The smallest absolute Gasteiger partial charge is 0.258 e. The number of carbonyl (C=O) groups excluding carboxylic acids is 2. The molecule has 142 valence electrons. The molecule has 0 spiro atoms. The summed E-state index contributed by atoms with van der Waals surface area (Å²) in [6.07, 6.45) is 1.11. The average Bonchev–Trinajstić information content (AvgIpc) is 2.65. The first kappa shape index (κ1) is 18.9. The number of nitrogens with one attached hydrogen (secondary N) is 2. The van der Waals surface area contributed by atoms with Gasteiger partial charge in [0.1, 0.15) is 11.6 Å². The lowest BCUT2D eigenvalue weighted by molar-refractivity contribution is -0.124. The van der Waals surface area contributed by atoms with Gasteiger partial charge in [0.25, 0.3) is 5.91 Å². The van der Waals surface area contributed by atoms with Crippen molar-refractivity contribution in [1.82, 2.24) is 5.32 Å². The molecule has 0 radical (unpaired) electrons. The normalized spacial score (nSPS) is 14.3. The van der Waals surface area contributed by atoms with Crippen LogP contribution in [0.15, 0.2) is 42.5 Å². The first-order valence-electron chi connectivity index (χ1n) is 9.03. The fourth-order valence-electron chi connectivity index (χ4n) is 3.12. The Labute approximate surface area is 157 Å². The first-order chi connectivity index (χ1) is 12.9. The monoisotopic (exact) mass is 370 g/mol. The average molecular weight is 370 g/mol. The Bertz CT molecular complexity index is 834. The second-order valence-electron chi connectivity index (χ2n) is 7.00. The number of ether oxygens (including phenoxy) is 1. The van der Waals surface area contributed by atoms with Crippen LogP contribution >= 0.6 is 0 Å². The third-order valence-corrected chi connectivity index (χ3v) is 4.55. The number of fused-ring (bicyclic) bond motifs is 1. The summed E-state index contributed by atoms with van der Waals surface area (Å²) in [5.74, 6) is 0.189. The first-order valence-corrected chi connectivity index (χ1v) is 9.03. The Balaban J connectivity index is 1.60. The van der Waals surface area contributed by atoms with Gasteiger partial charge >= 0.3 is 0 Å². The maximum atomic E-state index is 13.1. The van der Waals surface area contributed by atoms with E-state index >= 15 is 0 Å². The molecule has 5 nitrogen and oxygen atoms in total. The van der Waals surface area contributed by atoms with Gasteiger partial charge in [-0.1, -0.05) is 26.0 Å². The molecule has 6 heteroatoms. The molecule has 0 saturated heterocycles. The highest BCUT2D eigenvalue weighted by Crippen LogP contribution is 2.27. The summed E-state index contributed by atoms with van der Waals surface area (Å²) in [7, 11) is 0. The number of amides is 2. The molecule has 1 atom stereocenters. The highest BCUT2D eigenvalue weighted by molar-refractivity contribution is 5.94. The molecule has 0 bridgehead atoms. The standard InChI is InChI=1S/C21H23FN2O3/c1-13(2)21(14-3-6-16(22)7-4-14)24-20(26)12-27-17-8-9-18-15(11-17)5-10-19(25)23-18/h3-4,6-9,11,13,21H,5,10,12H2,1-2H3,(H,23,25)(H,24,26)/t21-/m1/s1. The maximum absolute atomic E-state index is 13.1. The predicted molar refractivity (Wildman–Crippen MR) is 101 cm³/mol. The summed E-state index contributed by atoms with van der Waals surface area (Å²) in [6.45, 7) is 3.87. The quantitative estimate of drug-likeness (QED) is 0.816. The zero-order valence-corrected chi connectivity index (χ0v) is 15.4. The van der Waals surface area contributed by atoms with Gasteiger partial charge in [-0.15, -0.1) is 0 Å². The van der Waals surface area contributed by atoms with Crippen LogP contribution in [-0.2, 0) is 16.0 Å². The van der Waals surface area contributed by atoms with Gasteiger partial charge < -0.3 is 15.4 Å². The second kappa shape index (κ2) is 8.20. The van der Waals surface area contributed by atoms with Crippen LogP contribution in [0.2, 0.25) is 0 Å². The highest BCUT2D eigenvalue weighted by Gasteiger charge is 2.19. The highest BCUT2D eigenvalue weighted by atomic mass is 19.1. The Morgan fingerprint density at radius 2 is 1.93 bits per heavy atom. The van der Waals surface area contributed by atoms with Crippen molar-refractivity contribution >= 4 is 17.5 Å². The Kier molecular flexibility index (Phi) is 5.74. The summed E-state index contributed by atoms with van der Waals surface area (Å²) in [5.41, 5.74) is 2.64. The number of rotatable bonds is 6. The molecule has 0 aliphatic carbocycles. The molecule has 1 heterocycles. The molecule has 2 aromatic carbocycles. The number of benzene rings is 2. The molecule has 0 saturated carbocycles. The number of aryl methyl sites for hydroxylation is 1. The van der Waals surface area contributed by atoms with E-state index in [1.54, 1.807) is 24.3 Å². The zero-order valence-electron chi connectivity index (χ0n) is 15.4. The van der Waals surface area contributed by atoms with Gasteiger partial charge in [0.05, 0.1) is 6.04 Å². The van der Waals surface area contributed by atoms with Gasteiger partial charge in [-0.05, 0) is 53.8 Å². The van der Waals surface area contributed by atoms with Gasteiger partial charge in [0, 0.05) is 12.1 Å². The van der Waals surface area contributed by atoms with E-state index in [1.807, 2.05) is 19.9 Å². The Morgan fingerprint density at radius 3 is 2.63 bits per heavy atom. The van der Waals surface area contributed by atoms with Crippen LogP contribution in [0.25, 0.3) is 0 Å². The van der Waals surface area contributed by atoms with E-state index in [9.17, 15) is 14.0 Å². The molecule has 0 unspecified atom stereocenters. The van der Waals surface area contributed by atoms with Gasteiger partial charge in [0.15, 0.2) is 6.61 Å². The van der Waals surface area contributed by atoms with Crippen LogP contribution in [-0.4, -0.2) is 18.4 Å². The lowest BCUT2D eigenvalue weighted by atomic mass is 9.96. The zero-order chi connectivity index (χ0) is 19.4. The fraction of sp³-hybridized carbons (Fsp3) is 0.333. The number of hydrogen-bond donors (Lipinski definition) is 2. The van der Waals surface area contributed by atoms with E-state index in [-0.39, 0.29) is 36.2 Å². The second-order valence-corrected chi connectivity index (χ2v) is 7.00. The topological polar surface area (TPSA) is 67.4 Å². The van der Waals surface area contributed by atoms with E-state index in [2.05, 4.69) is 10.6 Å². The summed E-state index contributed by atoms with van der Waals surface area (Å²) in [4.78, 5) is 23.7. The molecule has 2 aromatic rings. The number of halogens is 1. The number of anilines is 1. The van der Waals surface area contributed by atoms with Gasteiger partial charge in [0.2, 0.25) is 5.91 Å². The number of hydrogen-bond acceptors (Lipinski definition) is 3. The van der Waals surface area contributed by atoms with E-state index in [1.165, 1.54) is 12.1 Å². The lowest BCUT2D eigenvalue weighted by Gasteiger charge is -2.23. The predicted octanol–water partition coefficient (Wildman–Crippen LogP) is 3.60. The van der Waals surface area contributed by atoms with Crippen molar-refractivity contribution in [2.24, 2.45) is 5.92 Å². The minimum Gasteiger partial charge on any atom is -0.484 e. The maximum Gasteiger partial charge on any atom is 0.258 e. The van der Waals surface area contributed by atoms with Crippen LogP contribution < -0.4 is 15.4 Å². The molecule has 0 fully saturated rings. The van der Waals surface area contributed by atoms with Crippen molar-refractivity contribution in [3.63, 3.8) is 0 Å².